The Kier molecular flexibility index (Phi) is 3.88. The van der Waals surface area contributed by atoms with Gasteiger partial charge in [-0.1, -0.05) is 13.8 Å². The molecule has 1 saturated carbocycles. The Balaban J connectivity index is 1.94. The van der Waals surface area contributed by atoms with Crippen molar-refractivity contribution in [3.63, 3.8) is 0 Å². The molecule has 23 heavy (non-hydrogen) atoms. The minimum Gasteiger partial charge on any atom is -0.477 e. The third kappa shape index (κ3) is 2.61. The number of carbonyl (C=O) groups is 2. The third-order valence-corrected chi connectivity index (χ3v) is 5.23. The summed E-state index contributed by atoms with van der Waals surface area (Å²) in [4.78, 5) is 27.5. The maximum atomic E-state index is 12.3. The van der Waals surface area contributed by atoms with Gasteiger partial charge in [0.05, 0.1) is 17.4 Å². The van der Waals surface area contributed by atoms with Gasteiger partial charge in [-0.05, 0) is 42.2 Å². The molecule has 1 aromatic heterocycles. The van der Waals surface area contributed by atoms with Gasteiger partial charge in [0, 0.05) is 13.0 Å². The highest BCUT2D eigenvalue weighted by molar-refractivity contribution is 5.92. The maximum Gasteiger partial charge on any atom is 0.354 e. The fraction of sp³-hybridized carbons (Fsp3) is 0.588. The molecule has 0 spiro atoms. The number of nitrogens with zero attached hydrogens (tertiary/aromatic N) is 1. The Morgan fingerprint density at radius 3 is 2.91 bits per heavy atom. The molecule has 1 aliphatic carbocycles. The number of carboxylic acids is 1. The number of nitrogens with one attached hydrogen (secondary N) is 1. The molecule has 1 aromatic rings. The summed E-state index contributed by atoms with van der Waals surface area (Å²) < 4.78 is 0. The molecule has 1 aliphatic heterocycles. The number of nitrogens with two attached hydrogens (primary N) is 1. The van der Waals surface area contributed by atoms with Crippen LogP contribution in [0.2, 0.25) is 0 Å². The topological polar surface area (TPSA) is 105 Å². The van der Waals surface area contributed by atoms with Crippen LogP contribution >= 0.6 is 0 Å². The van der Waals surface area contributed by atoms with Crippen molar-refractivity contribution >= 4 is 17.4 Å². The molecule has 4 atom stereocenters. The number of hydrogen-bond acceptors (Lipinski definition) is 5. The largest absolute Gasteiger partial charge is 0.477 e. The quantitative estimate of drug-likeness (QED) is 0.767. The summed E-state index contributed by atoms with van der Waals surface area (Å²) >= 11 is 0. The van der Waals surface area contributed by atoms with Gasteiger partial charge in [-0.15, -0.1) is 0 Å². The molecule has 2 heterocycles. The summed E-state index contributed by atoms with van der Waals surface area (Å²) in [5.74, 6) is -0.442. The van der Waals surface area contributed by atoms with Crippen LogP contribution in [0, 0.1) is 11.8 Å². The lowest BCUT2D eigenvalue weighted by molar-refractivity contribution is -0.121. The SMILES string of the molecule is CCCC(=O)[C@@]1(N)C[C@@H]1[C@@H]1c2cc(C(=O)O)ncc2NC[C@@H]1C. The highest BCUT2D eigenvalue weighted by atomic mass is 16.4. The molecular formula is C17H23N3O3. The second-order valence-corrected chi connectivity index (χ2v) is 6.87. The molecule has 4 N–H and O–H groups in total. The number of hydrogen-bond donors (Lipinski definition) is 3. The Hall–Kier alpha value is -1.95. The van der Waals surface area contributed by atoms with E-state index in [-0.39, 0.29) is 29.2 Å². The zero-order valence-corrected chi connectivity index (χ0v) is 13.5. The van der Waals surface area contributed by atoms with Crippen molar-refractivity contribution in [2.75, 3.05) is 11.9 Å². The van der Waals surface area contributed by atoms with Gasteiger partial charge in [-0.2, -0.15) is 0 Å². The number of Topliss-reactive ketones (excluding diaryl/α,β-unsaturated/α-hetero) is 1. The van der Waals surface area contributed by atoms with Gasteiger partial charge in [0.25, 0.3) is 0 Å². The van der Waals surface area contributed by atoms with E-state index in [9.17, 15) is 14.7 Å². The standard InChI is InChI=1S/C17H23N3O3/c1-3-4-14(21)17(18)6-11(17)15-9(2)7-19-13-8-20-12(16(22)23)5-10(13)15/h5,8-9,11,15,19H,3-4,6-7,18H2,1-2H3,(H,22,23)/t9-,11+,15-,17+/m0/s1. The number of carboxylic acid groups (broad SMARTS) is 1. The third-order valence-electron chi connectivity index (χ3n) is 5.23. The number of pyridine rings is 1. The van der Waals surface area contributed by atoms with Crippen molar-refractivity contribution in [1.29, 1.82) is 0 Å². The molecule has 0 bridgehead atoms. The van der Waals surface area contributed by atoms with E-state index in [0.29, 0.717) is 12.8 Å². The van der Waals surface area contributed by atoms with E-state index < -0.39 is 11.5 Å². The Labute approximate surface area is 135 Å². The van der Waals surface area contributed by atoms with Crippen LogP contribution in [0.3, 0.4) is 0 Å². The molecular weight excluding hydrogens is 294 g/mol. The van der Waals surface area contributed by atoms with Crippen LogP contribution in [0.1, 0.15) is 55.1 Å². The van der Waals surface area contributed by atoms with E-state index in [0.717, 1.165) is 24.2 Å². The fourth-order valence-corrected chi connectivity index (χ4v) is 3.86. The van der Waals surface area contributed by atoms with Crippen LogP contribution in [-0.2, 0) is 4.79 Å². The molecule has 1 fully saturated rings. The van der Waals surface area contributed by atoms with E-state index in [1.54, 1.807) is 12.3 Å². The predicted molar refractivity (Wildman–Crippen MR) is 86.5 cm³/mol. The van der Waals surface area contributed by atoms with Crippen molar-refractivity contribution in [3.8, 4) is 0 Å². The summed E-state index contributed by atoms with van der Waals surface area (Å²) in [6, 6.07) is 1.63. The fourth-order valence-electron chi connectivity index (χ4n) is 3.86. The number of carbonyl (C=O) groups excluding carboxylic acids is 1. The Morgan fingerprint density at radius 1 is 1.52 bits per heavy atom. The lowest BCUT2D eigenvalue weighted by atomic mass is 9.78. The molecule has 124 valence electrons. The summed E-state index contributed by atoms with van der Waals surface area (Å²) in [5, 5.41) is 12.5. The van der Waals surface area contributed by atoms with Crippen molar-refractivity contribution in [3.05, 3.63) is 23.5 Å². The molecule has 0 saturated heterocycles. The van der Waals surface area contributed by atoms with Gasteiger partial charge in [-0.3, -0.25) is 4.79 Å². The second-order valence-electron chi connectivity index (χ2n) is 6.87. The zero-order valence-electron chi connectivity index (χ0n) is 13.5. The smallest absolute Gasteiger partial charge is 0.354 e. The van der Waals surface area contributed by atoms with Crippen LogP contribution in [0.15, 0.2) is 12.3 Å². The number of aromatic nitrogens is 1. The van der Waals surface area contributed by atoms with Gasteiger partial charge in [-0.25, -0.2) is 9.78 Å². The van der Waals surface area contributed by atoms with Crippen molar-refractivity contribution in [2.24, 2.45) is 17.6 Å². The van der Waals surface area contributed by atoms with Gasteiger partial charge in [0.1, 0.15) is 5.69 Å². The number of anilines is 1. The number of aromatic carboxylic acids is 1. The summed E-state index contributed by atoms with van der Waals surface area (Å²) in [7, 11) is 0. The molecule has 6 nitrogen and oxygen atoms in total. The van der Waals surface area contributed by atoms with Crippen molar-refractivity contribution < 1.29 is 14.7 Å². The Morgan fingerprint density at radius 2 is 2.26 bits per heavy atom. The van der Waals surface area contributed by atoms with Gasteiger partial charge in [0.15, 0.2) is 5.78 Å². The average molecular weight is 317 g/mol. The number of fused-ring (bicyclic) bond motifs is 1. The first kappa shape index (κ1) is 15.9. The molecule has 0 amide bonds. The highest BCUT2D eigenvalue weighted by Crippen LogP contribution is 2.56. The van der Waals surface area contributed by atoms with E-state index in [1.165, 1.54) is 0 Å². The van der Waals surface area contributed by atoms with Crippen LogP contribution in [0.4, 0.5) is 5.69 Å². The minimum absolute atomic E-state index is 0.0350. The highest BCUT2D eigenvalue weighted by Gasteiger charge is 2.60. The molecule has 3 rings (SSSR count). The second kappa shape index (κ2) is 5.60. The first-order valence-electron chi connectivity index (χ1n) is 8.17. The van der Waals surface area contributed by atoms with Gasteiger partial charge < -0.3 is 16.2 Å². The monoisotopic (exact) mass is 317 g/mol. The molecule has 0 aromatic carbocycles. The first-order chi connectivity index (χ1) is 10.9. The molecule has 0 radical (unpaired) electrons. The van der Waals surface area contributed by atoms with Gasteiger partial charge in [0.2, 0.25) is 0 Å². The lowest BCUT2D eigenvalue weighted by Crippen LogP contribution is -2.39. The van der Waals surface area contributed by atoms with E-state index >= 15 is 0 Å². The first-order valence-corrected chi connectivity index (χ1v) is 8.17. The predicted octanol–water partition coefficient (Wildman–Crippen LogP) is 2.01. The zero-order chi connectivity index (χ0) is 16.8. The van der Waals surface area contributed by atoms with E-state index in [4.69, 9.17) is 5.73 Å². The summed E-state index contributed by atoms with van der Waals surface area (Å²) in [5.41, 5.74) is 7.45. The van der Waals surface area contributed by atoms with Crippen LogP contribution < -0.4 is 11.1 Å². The number of rotatable bonds is 5. The molecule has 2 aliphatic rings. The van der Waals surface area contributed by atoms with Crippen LogP contribution in [0.5, 0.6) is 0 Å². The lowest BCUT2D eigenvalue weighted by Gasteiger charge is -2.33. The van der Waals surface area contributed by atoms with Crippen LogP contribution in [-0.4, -0.2) is 33.9 Å². The van der Waals surface area contributed by atoms with Gasteiger partial charge >= 0.3 is 5.97 Å². The Bertz CT molecular complexity index is 660. The van der Waals surface area contributed by atoms with Crippen molar-refractivity contribution in [1.82, 2.24) is 4.98 Å². The molecule has 6 heteroatoms. The number of ketones is 1. The minimum atomic E-state index is -1.04. The maximum absolute atomic E-state index is 12.3. The molecule has 0 unspecified atom stereocenters. The van der Waals surface area contributed by atoms with Crippen molar-refractivity contribution in [2.45, 2.75) is 44.6 Å². The normalized spacial score (nSPS) is 31.9. The van der Waals surface area contributed by atoms with E-state index in [1.807, 2.05) is 6.92 Å². The summed E-state index contributed by atoms with van der Waals surface area (Å²) in [6.45, 7) is 4.87. The van der Waals surface area contributed by atoms with E-state index in [2.05, 4.69) is 17.2 Å². The summed E-state index contributed by atoms with van der Waals surface area (Å²) in [6.07, 6.45) is 3.57. The average Bonchev–Trinajstić information content (AvgIpc) is 3.19. The van der Waals surface area contributed by atoms with Crippen LogP contribution in [0.25, 0.3) is 0 Å².